The van der Waals surface area contributed by atoms with Crippen molar-refractivity contribution in [2.75, 3.05) is 5.32 Å². The van der Waals surface area contributed by atoms with Crippen molar-refractivity contribution in [3.8, 4) is 16.9 Å². The lowest BCUT2D eigenvalue weighted by Crippen LogP contribution is -2.27. The highest BCUT2D eigenvalue weighted by atomic mass is 32.2. The normalized spacial score (nSPS) is 18.6. The Morgan fingerprint density at radius 3 is 2.26 bits per heavy atom. The summed E-state index contributed by atoms with van der Waals surface area (Å²) in [5.74, 6) is -5.10. The predicted octanol–water partition coefficient (Wildman–Crippen LogP) is 2.27. The quantitative estimate of drug-likeness (QED) is 0.340. The van der Waals surface area contributed by atoms with Gasteiger partial charge in [-0.05, 0) is 35.4 Å². The zero-order chi connectivity index (χ0) is 25.4. The zero-order valence-electron chi connectivity index (χ0n) is 16.4. The Balaban J connectivity index is 1.89. The maximum atomic E-state index is 14.6. The monoisotopic (exact) mass is 507 g/mol. The fourth-order valence-electron chi connectivity index (χ4n) is 3.04. The smallest absolute Gasteiger partial charge is 0.478 e. The van der Waals surface area contributed by atoms with Crippen LogP contribution in [-0.4, -0.2) is 53.1 Å². The average Bonchev–Trinajstić information content (AvgIpc) is 3.06. The first-order valence-electron chi connectivity index (χ1n) is 8.91. The van der Waals surface area contributed by atoms with Crippen molar-refractivity contribution in [1.82, 2.24) is 0 Å². The molecule has 15 heteroatoms. The summed E-state index contributed by atoms with van der Waals surface area (Å²) in [6.45, 7) is 0. The fourth-order valence-corrected chi connectivity index (χ4v) is 3.81. The Hall–Kier alpha value is -3.53. The van der Waals surface area contributed by atoms with Crippen molar-refractivity contribution in [3.63, 3.8) is 0 Å². The molecule has 2 atom stereocenters. The van der Waals surface area contributed by atoms with E-state index in [9.17, 15) is 45.8 Å². The molecule has 2 unspecified atom stereocenters. The van der Waals surface area contributed by atoms with Crippen molar-refractivity contribution >= 4 is 27.7 Å². The number of halogens is 4. The van der Waals surface area contributed by atoms with Gasteiger partial charge in [0.15, 0.2) is 6.29 Å². The molecule has 0 saturated carbocycles. The number of hydrogen-bond donors (Lipinski definition) is 4. The molecule has 1 aliphatic heterocycles. The van der Waals surface area contributed by atoms with E-state index < -0.39 is 68.5 Å². The summed E-state index contributed by atoms with van der Waals surface area (Å²) in [4.78, 5) is 23.9. The molecule has 0 aromatic heterocycles. The molecule has 3 rings (SSSR count). The lowest BCUT2D eigenvalue weighted by atomic mass is 10.0. The van der Waals surface area contributed by atoms with Crippen LogP contribution in [0.15, 0.2) is 53.6 Å². The van der Waals surface area contributed by atoms with Gasteiger partial charge >= 0.3 is 12.3 Å². The molecule has 34 heavy (non-hydrogen) atoms. The van der Waals surface area contributed by atoms with E-state index in [0.29, 0.717) is 0 Å². The van der Waals surface area contributed by atoms with Crippen LogP contribution in [0.25, 0.3) is 11.1 Å². The second kappa shape index (κ2) is 9.02. The van der Waals surface area contributed by atoms with E-state index in [-0.39, 0.29) is 11.1 Å². The summed E-state index contributed by atoms with van der Waals surface area (Å²) < 4.78 is 91.7. The number of carboxylic acids is 1. The number of carbonyl (C=O) groups excluding carboxylic acids is 1. The number of amides is 1. The first-order valence-corrected chi connectivity index (χ1v) is 10.4. The third-order valence-electron chi connectivity index (χ3n) is 4.39. The maximum Gasteiger partial charge on any atom is 0.573 e. The highest BCUT2D eigenvalue weighted by Gasteiger charge is 2.47. The van der Waals surface area contributed by atoms with E-state index in [0.717, 1.165) is 24.3 Å². The lowest BCUT2D eigenvalue weighted by molar-refractivity contribution is -0.274. The molecule has 182 valence electrons. The number of aliphatic hydroxyl groups is 1. The van der Waals surface area contributed by atoms with Gasteiger partial charge in [0.25, 0.3) is 16.0 Å². The number of carbonyl (C=O) groups is 2. The Kier molecular flexibility index (Phi) is 6.66. The van der Waals surface area contributed by atoms with Crippen molar-refractivity contribution < 1.29 is 59.8 Å². The van der Waals surface area contributed by atoms with E-state index >= 15 is 0 Å². The van der Waals surface area contributed by atoms with E-state index in [2.05, 4.69) is 9.47 Å². The molecule has 2 aromatic carbocycles. The number of rotatable bonds is 6. The van der Waals surface area contributed by atoms with Crippen LogP contribution in [0.4, 0.5) is 23.2 Å². The van der Waals surface area contributed by atoms with Gasteiger partial charge < -0.3 is 25.0 Å². The minimum Gasteiger partial charge on any atom is -0.478 e. The molecule has 2 aromatic rings. The number of aliphatic carboxylic acids is 1. The van der Waals surface area contributed by atoms with Crippen LogP contribution in [0.1, 0.15) is 0 Å². The van der Waals surface area contributed by atoms with Crippen molar-refractivity contribution in [1.29, 1.82) is 0 Å². The number of carboxylic acid groups (broad SMARTS) is 1. The number of anilines is 1. The number of hydrogen-bond acceptors (Lipinski definition) is 7. The van der Waals surface area contributed by atoms with Gasteiger partial charge in [0.2, 0.25) is 5.44 Å². The van der Waals surface area contributed by atoms with E-state index in [1.807, 2.05) is 5.32 Å². The number of alkyl halides is 3. The van der Waals surface area contributed by atoms with E-state index in [1.165, 1.54) is 18.2 Å². The molecule has 0 saturated heterocycles. The predicted molar refractivity (Wildman–Crippen MR) is 104 cm³/mol. The van der Waals surface area contributed by atoms with Crippen LogP contribution >= 0.6 is 0 Å². The first-order chi connectivity index (χ1) is 15.7. The minimum absolute atomic E-state index is 0.0873. The Morgan fingerprint density at radius 2 is 1.71 bits per heavy atom. The molecule has 1 amide bonds. The summed E-state index contributed by atoms with van der Waals surface area (Å²) in [6.07, 6.45) is -7.30. The Labute approximate surface area is 187 Å². The van der Waals surface area contributed by atoms with Crippen LogP contribution in [0.5, 0.6) is 5.75 Å². The van der Waals surface area contributed by atoms with Crippen molar-refractivity contribution in [3.05, 3.63) is 59.4 Å². The second-order valence-corrected chi connectivity index (χ2v) is 8.15. The molecule has 0 radical (unpaired) electrons. The largest absolute Gasteiger partial charge is 0.573 e. The summed E-state index contributed by atoms with van der Waals surface area (Å²) in [6, 6.07) is 7.66. The Morgan fingerprint density at radius 1 is 1.06 bits per heavy atom. The van der Waals surface area contributed by atoms with Gasteiger partial charge in [-0.25, -0.2) is 9.18 Å². The summed E-state index contributed by atoms with van der Waals surface area (Å²) in [7, 11) is -5.18. The summed E-state index contributed by atoms with van der Waals surface area (Å²) >= 11 is 0. The SMILES string of the molecule is O=C(O)C1=C(C(=O)Nc2ccc(-c3cccc(OC(F)(F)F)c3)cc2F)C(O)OC1S(=O)(=O)O. The summed E-state index contributed by atoms with van der Waals surface area (Å²) in [5.41, 5.74) is -5.24. The molecule has 0 bridgehead atoms. The number of nitrogens with one attached hydrogen (secondary N) is 1. The minimum atomic E-state index is -5.18. The topological polar surface area (TPSA) is 159 Å². The molecule has 4 N–H and O–H groups in total. The number of aliphatic hydroxyl groups excluding tert-OH is 1. The van der Waals surface area contributed by atoms with Crippen LogP contribution < -0.4 is 10.1 Å². The molecule has 0 aliphatic carbocycles. The van der Waals surface area contributed by atoms with Crippen LogP contribution in [0, 0.1) is 5.82 Å². The molecule has 1 aliphatic rings. The molecular formula is C19H13F4NO9S. The van der Waals surface area contributed by atoms with Gasteiger partial charge in [-0.3, -0.25) is 9.35 Å². The zero-order valence-corrected chi connectivity index (χ0v) is 17.2. The number of ether oxygens (including phenoxy) is 2. The van der Waals surface area contributed by atoms with Crippen LogP contribution in [-0.2, 0) is 24.4 Å². The van der Waals surface area contributed by atoms with Crippen molar-refractivity contribution in [2.45, 2.75) is 18.1 Å². The van der Waals surface area contributed by atoms with E-state index in [4.69, 9.17) is 4.55 Å². The van der Waals surface area contributed by atoms with E-state index in [1.54, 1.807) is 0 Å². The standard InChI is InChI=1S/C19H13F4NO9S/c20-11-7-9(8-2-1-3-10(6-8)33-19(21,22)23)4-5-12(11)24-15(25)13-14(16(26)27)18(32-17(13)28)34(29,30)31/h1-7,17-18,28H,(H,24,25)(H,26,27)(H,29,30,31). The molecule has 0 fully saturated rings. The third-order valence-corrected chi connectivity index (χ3v) is 5.28. The Bertz CT molecular complexity index is 1290. The second-order valence-electron chi connectivity index (χ2n) is 6.69. The van der Waals surface area contributed by atoms with Gasteiger partial charge in [0.1, 0.15) is 11.6 Å². The maximum absolute atomic E-state index is 14.6. The lowest BCUT2D eigenvalue weighted by Gasteiger charge is -2.12. The van der Waals surface area contributed by atoms with Gasteiger partial charge in [-0.1, -0.05) is 18.2 Å². The first kappa shape index (κ1) is 25.1. The number of benzene rings is 2. The highest BCUT2D eigenvalue weighted by molar-refractivity contribution is 7.86. The molecule has 1 heterocycles. The average molecular weight is 507 g/mol. The van der Waals surface area contributed by atoms with Gasteiger partial charge in [-0.15, -0.1) is 13.2 Å². The molecular weight excluding hydrogens is 494 g/mol. The van der Waals surface area contributed by atoms with Gasteiger partial charge in [0.05, 0.1) is 16.8 Å². The van der Waals surface area contributed by atoms with Crippen LogP contribution in [0.2, 0.25) is 0 Å². The molecule has 0 spiro atoms. The van der Waals surface area contributed by atoms with Gasteiger partial charge in [-0.2, -0.15) is 8.42 Å². The third kappa shape index (κ3) is 5.51. The molecule has 10 nitrogen and oxygen atoms in total. The van der Waals surface area contributed by atoms with Gasteiger partial charge in [0, 0.05) is 0 Å². The summed E-state index contributed by atoms with van der Waals surface area (Å²) in [5, 5.41) is 20.9. The van der Waals surface area contributed by atoms with Crippen molar-refractivity contribution in [2.24, 2.45) is 0 Å². The van der Waals surface area contributed by atoms with Crippen LogP contribution in [0.3, 0.4) is 0 Å². The highest BCUT2D eigenvalue weighted by Crippen LogP contribution is 2.32. The fraction of sp³-hybridized carbons (Fsp3) is 0.158.